The van der Waals surface area contributed by atoms with E-state index in [0.29, 0.717) is 26.8 Å². The largest absolute Gasteiger partial charge is 0.467 e. The molecule has 1 heterocycles. The summed E-state index contributed by atoms with van der Waals surface area (Å²) < 4.78 is 4.59. The van der Waals surface area contributed by atoms with Gasteiger partial charge in [0.1, 0.15) is 0 Å². The van der Waals surface area contributed by atoms with Gasteiger partial charge in [0.2, 0.25) is 5.91 Å². The van der Waals surface area contributed by atoms with Gasteiger partial charge in [-0.05, 0) is 18.2 Å². The van der Waals surface area contributed by atoms with E-state index in [9.17, 15) is 14.7 Å². The van der Waals surface area contributed by atoms with Crippen LogP contribution >= 0.6 is 11.6 Å². The summed E-state index contributed by atoms with van der Waals surface area (Å²) >= 11 is 6.21. The predicted octanol–water partition coefficient (Wildman–Crippen LogP) is 2.28. The van der Waals surface area contributed by atoms with Crippen molar-refractivity contribution in [1.82, 2.24) is 4.98 Å². The molecule has 0 fully saturated rings. The van der Waals surface area contributed by atoms with Gasteiger partial charge in [-0.15, -0.1) is 0 Å². The van der Waals surface area contributed by atoms with E-state index in [1.807, 2.05) is 0 Å². The number of aliphatic hydroxyl groups excluding tert-OH is 1. The highest BCUT2D eigenvalue weighted by atomic mass is 35.5. The molecule has 3 aromatic rings. The minimum Gasteiger partial charge on any atom is -0.467 e. The van der Waals surface area contributed by atoms with Crippen LogP contribution in [0.1, 0.15) is 22.0 Å². The summed E-state index contributed by atoms with van der Waals surface area (Å²) in [5, 5.41) is 11.6. The van der Waals surface area contributed by atoms with Crippen molar-refractivity contribution >= 4 is 45.3 Å². The van der Waals surface area contributed by atoms with Gasteiger partial charge in [-0.25, -0.2) is 4.79 Å². The number of halogens is 1. The minimum absolute atomic E-state index is 0.273. The number of hydrogen-bond acceptors (Lipinski definition) is 4. The smallest absolute Gasteiger partial charge is 0.339 e. The Kier molecular flexibility index (Phi) is 3.71. The van der Waals surface area contributed by atoms with Gasteiger partial charge < -0.3 is 20.6 Å². The summed E-state index contributed by atoms with van der Waals surface area (Å²) in [6.07, 6.45) is -1.50. The Labute approximate surface area is 135 Å². The zero-order valence-electron chi connectivity index (χ0n) is 12.1. The van der Waals surface area contributed by atoms with Gasteiger partial charge in [0, 0.05) is 27.4 Å². The standard InChI is InChI=1S/C16H13ClN2O4/c1-23-16(22)14(20)7-5-6-9(17)13-12(7)11-8(15(18)21)3-2-4-10(11)19-13/h2-6,14,19-20H,1H3,(H2,18,21). The maximum absolute atomic E-state index is 11.7. The molecule has 1 atom stereocenters. The quantitative estimate of drug-likeness (QED) is 0.640. The molecule has 6 nitrogen and oxygen atoms in total. The number of amides is 1. The monoisotopic (exact) mass is 332 g/mol. The molecule has 0 aliphatic rings. The molecule has 0 aliphatic heterocycles. The van der Waals surface area contributed by atoms with Crippen molar-refractivity contribution < 1.29 is 19.4 Å². The second-order valence-electron chi connectivity index (χ2n) is 5.03. The number of aromatic nitrogens is 1. The molecule has 0 saturated heterocycles. The molecular formula is C16H13ClN2O4. The Balaban J connectivity index is 2.47. The molecule has 0 aliphatic carbocycles. The molecule has 1 amide bonds. The third-order valence-electron chi connectivity index (χ3n) is 3.75. The summed E-state index contributed by atoms with van der Waals surface area (Å²) in [6, 6.07) is 8.10. The Hall–Kier alpha value is -2.57. The number of aromatic amines is 1. The van der Waals surface area contributed by atoms with Crippen LogP contribution in [0.3, 0.4) is 0 Å². The average Bonchev–Trinajstić information content (AvgIpc) is 2.94. The zero-order chi connectivity index (χ0) is 16.7. The van der Waals surface area contributed by atoms with E-state index in [1.54, 1.807) is 24.3 Å². The normalized spacial score (nSPS) is 12.5. The van der Waals surface area contributed by atoms with Crippen molar-refractivity contribution in [3.8, 4) is 0 Å². The molecule has 118 valence electrons. The Morgan fingerprint density at radius 1 is 1.26 bits per heavy atom. The number of benzene rings is 2. The lowest BCUT2D eigenvalue weighted by Gasteiger charge is -2.11. The summed E-state index contributed by atoms with van der Waals surface area (Å²) in [7, 11) is 1.18. The number of nitrogens with one attached hydrogen (secondary N) is 1. The van der Waals surface area contributed by atoms with E-state index in [1.165, 1.54) is 13.2 Å². The number of rotatable bonds is 3. The molecule has 0 saturated carbocycles. The third-order valence-corrected chi connectivity index (χ3v) is 4.06. The second-order valence-corrected chi connectivity index (χ2v) is 5.44. The molecule has 7 heteroatoms. The van der Waals surface area contributed by atoms with Crippen LogP contribution in [0.4, 0.5) is 0 Å². The van der Waals surface area contributed by atoms with E-state index in [-0.39, 0.29) is 11.1 Å². The van der Waals surface area contributed by atoms with Crippen molar-refractivity contribution in [2.75, 3.05) is 7.11 Å². The molecular weight excluding hydrogens is 320 g/mol. The first kappa shape index (κ1) is 15.3. The van der Waals surface area contributed by atoms with E-state index in [0.717, 1.165) is 0 Å². The molecule has 1 aromatic heterocycles. The van der Waals surface area contributed by atoms with E-state index < -0.39 is 18.0 Å². The highest BCUT2D eigenvalue weighted by Gasteiger charge is 2.24. The van der Waals surface area contributed by atoms with Crippen LogP contribution in [0.15, 0.2) is 30.3 Å². The summed E-state index contributed by atoms with van der Waals surface area (Å²) in [5.41, 5.74) is 7.14. The van der Waals surface area contributed by atoms with Gasteiger partial charge >= 0.3 is 5.97 Å². The van der Waals surface area contributed by atoms with Gasteiger partial charge in [-0.1, -0.05) is 23.7 Å². The molecule has 2 aromatic carbocycles. The number of H-pyrrole nitrogens is 1. The fourth-order valence-electron chi connectivity index (χ4n) is 2.72. The number of carbonyl (C=O) groups excluding carboxylic acids is 2. The fourth-order valence-corrected chi connectivity index (χ4v) is 2.92. The summed E-state index contributed by atoms with van der Waals surface area (Å²) in [6.45, 7) is 0. The van der Waals surface area contributed by atoms with Crippen LogP contribution < -0.4 is 5.73 Å². The van der Waals surface area contributed by atoms with Gasteiger partial charge in [0.15, 0.2) is 6.10 Å². The number of primary amides is 1. The number of esters is 1. The SMILES string of the molecule is COC(=O)C(O)c1ccc(Cl)c2[nH]c3cccc(C(N)=O)c3c12. The number of aliphatic hydroxyl groups is 1. The lowest BCUT2D eigenvalue weighted by molar-refractivity contribution is -0.150. The van der Waals surface area contributed by atoms with Crippen molar-refractivity contribution in [2.45, 2.75) is 6.10 Å². The molecule has 0 spiro atoms. The molecule has 0 radical (unpaired) electrons. The van der Waals surface area contributed by atoms with Crippen LogP contribution in [-0.4, -0.2) is 29.1 Å². The molecule has 4 N–H and O–H groups in total. The van der Waals surface area contributed by atoms with Gasteiger partial charge in [-0.2, -0.15) is 0 Å². The van der Waals surface area contributed by atoms with Gasteiger partial charge in [-0.3, -0.25) is 4.79 Å². The maximum Gasteiger partial charge on any atom is 0.339 e. The first-order chi connectivity index (χ1) is 11.0. The Bertz CT molecular complexity index is 948. The van der Waals surface area contributed by atoms with Crippen molar-refractivity contribution in [1.29, 1.82) is 0 Å². The molecule has 3 rings (SSSR count). The highest BCUT2D eigenvalue weighted by molar-refractivity contribution is 6.37. The van der Waals surface area contributed by atoms with Crippen LogP contribution in [0.5, 0.6) is 0 Å². The van der Waals surface area contributed by atoms with Gasteiger partial charge in [0.25, 0.3) is 0 Å². The summed E-state index contributed by atoms with van der Waals surface area (Å²) in [4.78, 5) is 26.5. The van der Waals surface area contributed by atoms with Crippen LogP contribution in [0, 0.1) is 0 Å². The van der Waals surface area contributed by atoms with Crippen molar-refractivity contribution in [2.24, 2.45) is 5.73 Å². The van der Waals surface area contributed by atoms with Crippen LogP contribution in [0.25, 0.3) is 21.8 Å². The number of hydrogen-bond donors (Lipinski definition) is 3. The Morgan fingerprint density at radius 3 is 2.65 bits per heavy atom. The second kappa shape index (κ2) is 5.57. The van der Waals surface area contributed by atoms with Crippen LogP contribution in [0.2, 0.25) is 5.02 Å². The first-order valence-electron chi connectivity index (χ1n) is 6.74. The van der Waals surface area contributed by atoms with E-state index >= 15 is 0 Å². The zero-order valence-corrected chi connectivity index (χ0v) is 12.8. The average molecular weight is 333 g/mol. The predicted molar refractivity (Wildman–Crippen MR) is 86.3 cm³/mol. The fraction of sp³-hybridized carbons (Fsp3) is 0.125. The molecule has 0 bridgehead atoms. The lowest BCUT2D eigenvalue weighted by atomic mass is 9.98. The lowest BCUT2D eigenvalue weighted by Crippen LogP contribution is -2.14. The first-order valence-corrected chi connectivity index (χ1v) is 7.12. The van der Waals surface area contributed by atoms with E-state index in [2.05, 4.69) is 9.72 Å². The topological polar surface area (TPSA) is 105 Å². The highest BCUT2D eigenvalue weighted by Crippen LogP contribution is 2.37. The van der Waals surface area contributed by atoms with E-state index in [4.69, 9.17) is 17.3 Å². The number of fused-ring (bicyclic) bond motifs is 3. The minimum atomic E-state index is -1.50. The molecule has 23 heavy (non-hydrogen) atoms. The maximum atomic E-state index is 11.7. The molecule has 1 unspecified atom stereocenters. The summed E-state index contributed by atoms with van der Waals surface area (Å²) in [5.74, 6) is -1.42. The number of methoxy groups -OCH3 is 1. The third kappa shape index (κ3) is 2.32. The Morgan fingerprint density at radius 2 is 2.00 bits per heavy atom. The van der Waals surface area contributed by atoms with Crippen LogP contribution in [-0.2, 0) is 9.53 Å². The van der Waals surface area contributed by atoms with Gasteiger partial charge in [0.05, 0.1) is 17.6 Å². The number of carbonyl (C=O) groups is 2. The number of ether oxygens (including phenoxy) is 1. The number of nitrogens with two attached hydrogens (primary N) is 1. The van der Waals surface area contributed by atoms with Crippen molar-refractivity contribution in [3.05, 3.63) is 46.5 Å². The van der Waals surface area contributed by atoms with Crippen molar-refractivity contribution in [3.63, 3.8) is 0 Å².